The average molecular weight is 561 g/mol. The second-order valence-electron chi connectivity index (χ2n) is 9.37. The van der Waals surface area contributed by atoms with Gasteiger partial charge in [-0.1, -0.05) is 41.6 Å². The van der Waals surface area contributed by atoms with E-state index in [2.05, 4.69) is 20.4 Å². The van der Waals surface area contributed by atoms with E-state index in [0.29, 0.717) is 28.8 Å². The fourth-order valence-corrected chi connectivity index (χ4v) is 4.58. The lowest BCUT2D eigenvalue weighted by Gasteiger charge is -2.28. The van der Waals surface area contributed by atoms with Crippen LogP contribution in [0.15, 0.2) is 85.6 Å². The molecule has 0 radical (unpaired) electrons. The first-order chi connectivity index (χ1) is 19.9. The van der Waals surface area contributed by atoms with Crippen molar-refractivity contribution in [2.75, 3.05) is 7.11 Å². The number of methoxy groups -OCH3 is 1. The number of carbonyl (C=O) groups is 1. The lowest BCUT2D eigenvalue weighted by molar-refractivity contribution is -0.108. The van der Waals surface area contributed by atoms with E-state index in [1.54, 1.807) is 37.6 Å². The van der Waals surface area contributed by atoms with Crippen molar-refractivity contribution in [1.29, 1.82) is 0 Å². The molecule has 0 aliphatic heterocycles. The Bertz CT molecular complexity index is 1610. The van der Waals surface area contributed by atoms with Gasteiger partial charge in [0.2, 0.25) is 0 Å². The molecule has 3 aromatic carbocycles. The van der Waals surface area contributed by atoms with E-state index in [1.807, 2.05) is 24.3 Å². The van der Waals surface area contributed by atoms with Crippen molar-refractivity contribution >= 4 is 6.29 Å². The van der Waals surface area contributed by atoms with E-state index < -0.39 is 23.2 Å². The topological polar surface area (TPSA) is 117 Å². The van der Waals surface area contributed by atoms with Crippen molar-refractivity contribution in [2.24, 2.45) is 0 Å². The predicted octanol–water partition coefficient (Wildman–Crippen LogP) is 3.65. The highest BCUT2D eigenvalue weighted by atomic mass is 19.1. The number of benzene rings is 3. The molecule has 10 nitrogen and oxygen atoms in total. The van der Waals surface area contributed by atoms with Gasteiger partial charge in [0.1, 0.15) is 60.0 Å². The molecule has 0 saturated heterocycles. The van der Waals surface area contributed by atoms with Gasteiger partial charge in [0.05, 0.1) is 32.3 Å². The molecule has 2 atom stereocenters. The number of aliphatic hydroxyl groups is 1. The standard InChI is InChI=1S/C29H26F2N6O4/c1-40-23-9-6-20(7-10-23)25(14-38)24-4-2-3-5-28(24)41-15-22-13-36(35-34-22)16-29(39,17-37-19-32-18-33-37)26-11-8-21(30)12-27(26)31/h2-14,18-19,25,39H,15-17H2,1H3. The minimum Gasteiger partial charge on any atom is -0.497 e. The normalized spacial score (nSPS) is 13.4. The van der Waals surface area contributed by atoms with E-state index in [9.17, 15) is 18.7 Å². The number of para-hydroxylation sites is 1. The Balaban J connectivity index is 1.34. The van der Waals surface area contributed by atoms with Crippen LogP contribution in [0.2, 0.25) is 0 Å². The predicted molar refractivity (Wildman–Crippen MR) is 142 cm³/mol. The third kappa shape index (κ3) is 6.28. The van der Waals surface area contributed by atoms with Gasteiger partial charge in [0.25, 0.3) is 0 Å². The molecule has 41 heavy (non-hydrogen) atoms. The summed E-state index contributed by atoms with van der Waals surface area (Å²) in [6.45, 7) is -0.381. The Labute approximate surface area is 233 Å². The molecule has 5 rings (SSSR count). The Morgan fingerprint density at radius 3 is 2.54 bits per heavy atom. The molecule has 0 saturated carbocycles. The summed E-state index contributed by atoms with van der Waals surface area (Å²) in [7, 11) is 1.57. The first kappa shape index (κ1) is 27.6. The Morgan fingerprint density at radius 2 is 1.83 bits per heavy atom. The van der Waals surface area contributed by atoms with Crippen LogP contribution in [-0.4, -0.2) is 48.3 Å². The molecule has 0 spiro atoms. The third-order valence-corrected chi connectivity index (χ3v) is 6.57. The maximum absolute atomic E-state index is 14.7. The molecule has 1 N–H and O–H groups in total. The number of ether oxygens (including phenoxy) is 2. The summed E-state index contributed by atoms with van der Waals surface area (Å²) in [5.41, 5.74) is -0.111. The smallest absolute Gasteiger partial charge is 0.137 e. The fourth-order valence-electron chi connectivity index (χ4n) is 4.58. The van der Waals surface area contributed by atoms with E-state index >= 15 is 0 Å². The fraction of sp³-hybridized carbons (Fsp3) is 0.207. The summed E-state index contributed by atoms with van der Waals surface area (Å²) in [6, 6.07) is 17.4. The van der Waals surface area contributed by atoms with Crippen LogP contribution in [-0.2, 0) is 30.1 Å². The van der Waals surface area contributed by atoms with Crippen LogP contribution in [0, 0.1) is 11.6 Å². The molecular formula is C29H26F2N6O4. The summed E-state index contributed by atoms with van der Waals surface area (Å²) in [5, 5.41) is 23.7. The number of rotatable bonds is 12. The van der Waals surface area contributed by atoms with Gasteiger partial charge in [-0.05, 0) is 29.8 Å². The summed E-state index contributed by atoms with van der Waals surface area (Å²) in [5.74, 6) is -1.06. The van der Waals surface area contributed by atoms with Crippen LogP contribution < -0.4 is 9.47 Å². The van der Waals surface area contributed by atoms with Crippen molar-refractivity contribution in [1.82, 2.24) is 29.8 Å². The highest BCUT2D eigenvalue weighted by molar-refractivity contribution is 5.70. The van der Waals surface area contributed by atoms with E-state index in [0.717, 1.165) is 17.9 Å². The number of aldehydes is 1. The Kier molecular flexibility index (Phi) is 8.11. The van der Waals surface area contributed by atoms with Crippen molar-refractivity contribution in [3.8, 4) is 11.5 Å². The number of nitrogens with zero attached hydrogens (tertiary/aromatic N) is 6. The molecular weight excluding hydrogens is 534 g/mol. The molecule has 2 aromatic heterocycles. The van der Waals surface area contributed by atoms with Crippen LogP contribution in [0.5, 0.6) is 11.5 Å². The van der Waals surface area contributed by atoms with Crippen LogP contribution >= 0.6 is 0 Å². The van der Waals surface area contributed by atoms with Gasteiger partial charge < -0.3 is 19.4 Å². The number of aromatic nitrogens is 6. The van der Waals surface area contributed by atoms with E-state index in [4.69, 9.17) is 9.47 Å². The quantitative estimate of drug-likeness (QED) is 0.230. The van der Waals surface area contributed by atoms with Crippen molar-refractivity contribution < 1.29 is 28.2 Å². The van der Waals surface area contributed by atoms with Gasteiger partial charge >= 0.3 is 0 Å². The maximum atomic E-state index is 14.7. The minimum atomic E-state index is -1.86. The van der Waals surface area contributed by atoms with Gasteiger partial charge in [0.15, 0.2) is 0 Å². The SMILES string of the molecule is COc1ccc(C(C=O)c2ccccc2OCc2cn(CC(O)(Cn3cncn3)c3ccc(F)cc3F)nn2)cc1. The summed E-state index contributed by atoms with van der Waals surface area (Å²) in [4.78, 5) is 16.0. The number of halogens is 2. The molecule has 0 fully saturated rings. The van der Waals surface area contributed by atoms with Gasteiger partial charge in [-0.2, -0.15) is 5.10 Å². The van der Waals surface area contributed by atoms with E-state index in [1.165, 1.54) is 28.1 Å². The van der Waals surface area contributed by atoms with Crippen molar-refractivity contribution in [3.05, 3.63) is 120 Å². The molecule has 0 aliphatic carbocycles. The zero-order valence-electron chi connectivity index (χ0n) is 22.0. The average Bonchev–Trinajstić information content (AvgIpc) is 3.65. The van der Waals surface area contributed by atoms with Gasteiger partial charge in [-0.15, -0.1) is 5.10 Å². The van der Waals surface area contributed by atoms with Gasteiger partial charge in [-0.3, -0.25) is 0 Å². The summed E-state index contributed by atoms with van der Waals surface area (Å²) in [6.07, 6.45) is 5.07. The van der Waals surface area contributed by atoms with Crippen LogP contribution in [0.3, 0.4) is 0 Å². The van der Waals surface area contributed by atoms with Crippen LogP contribution in [0.4, 0.5) is 8.78 Å². The lowest BCUT2D eigenvalue weighted by atomic mass is 9.92. The van der Waals surface area contributed by atoms with Crippen LogP contribution in [0.25, 0.3) is 0 Å². The zero-order chi connectivity index (χ0) is 28.8. The second kappa shape index (κ2) is 12.0. The molecule has 0 aliphatic rings. The Hall–Kier alpha value is -4.97. The number of hydrogen-bond acceptors (Lipinski definition) is 8. The number of hydrogen-bond donors (Lipinski definition) is 1. The molecule has 12 heteroatoms. The monoisotopic (exact) mass is 560 g/mol. The second-order valence-corrected chi connectivity index (χ2v) is 9.37. The lowest BCUT2D eigenvalue weighted by Crippen LogP contribution is -2.37. The molecule has 0 bridgehead atoms. The van der Waals surface area contributed by atoms with Crippen molar-refractivity contribution in [2.45, 2.75) is 31.2 Å². The largest absolute Gasteiger partial charge is 0.497 e. The zero-order valence-corrected chi connectivity index (χ0v) is 22.0. The summed E-state index contributed by atoms with van der Waals surface area (Å²) >= 11 is 0. The van der Waals surface area contributed by atoms with Crippen molar-refractivity contribution in [3.63, 3.8) is 0 Å². The highest BCUT2D eigenvalue weighted by Crippen LogP contribution is 2.32. The van der Waals surface area contributed by atoms with Gasteiger partial charge in [-0.25, -0.2) is 23.1 Å². The number of carbonyl (C=O) groups excluding carboxylic acids is 1. The van der Waals surface area contributed by atoms with Gasteiger partial charge in [0, 0.05) is 17.2 Å². The third-order valence-electron chi connectivity index (χ3n) is 6.57. The first-order valence-corrected chi connectivity index (χ1v) is 12.6. The molecule has 210 valence electrons. The Morgan fingerprint density at radius 1 is 1.05 bits per heavy atom. The minimum absolute atomic E-state index is 0.0115. The first-order valence-electron chi connectivity index (χ1n) is 12.6. The maximum Gasteiger partial charge on any atom is 0.137 e. The van der Waals surface area contributed by atoms with Crippen LogP contribution in [0.1, 0.15) is 28.3 Å². The van der Waals surface area contributed by atoms with E-state index in [-0.39, 0.29) is 25.3 Å². The molecule has 5 aromatic rings. The summed E-state index contributed by atoms with van der Waals surface area (Å²) < 4.78 is 42.2. The molecule has 0 amide bonds. The molecule has 2 heterocycles. The highest BCUT2D eigenvalue weighted by Gasteiger charge is 2.35. The molecule has 2 unspecified atom stereocenters.